The third-order valence-corrected chi connectivity index (χ3v) is 5.82. The van der Waals surface area contributed by atoms with Crippen LogP contribution in [0.15, 0.2) is 42.7 Å². The molecule has 4 rings (SSSR count). The lowest BCUT2D eigenvalue weighted by Gasteiger charge is -2.60. The van der Waals surface area contributed by atoms with Crippen LogP contribution in [0.25, 0.3) is 0 Å². The van der Waals surface area contributed by atoms with E-state index in [1.54, 1.807) is 12.4 Å². The maximum absolute atomic E-state index is 13.1. The van der Waals surface area contributed by atoms with Crippen LogP contribution in [0.5, 0.6) is 0 Å². The van der Waals surface area contributed by atoms with Crippen molar-refractivity contribution in [1.29, 1.82) is 0 Å². The molecule has 0 bridgehead atoms. The van der Waals surface area contributed by atoms with Crippen molar-refractivity contribution in [3.8, 4) is 0 Å². The van der Waals surface area contributed by atoms with Crippen LogP contribution in [-0.2, 0) is 4.79 Å². The number of benzene rings is 1. The van der Waals surface area contributed by atoms with Crippen molar-refractivity contribution in [1.82, 2.24) is 20.0 Å². The highest BCUT2D eigenvalue weighted by atomic mass is 16.2. The van der Waals surface area contributed by atoms with E-state index in [1.165, 1.54) is 5.56 Å². The van der Waals surface area contributed by atoms with E-state index < -0.39 is 0 Å². The molecule has 2 amide bonds. The summed E-state index contributed by atoms with van der Waals surface area (Å²) in [4.78, 5) is 29.5. The predicted molar refractivity (Wildman–Crippen MR) is 97.3 cm³/mol. The van der Waals surface area contributed by atoms with Crippen LogP contribution < -0.4 is 0 Å². The van der Waals surface area contributed by atoms with Gasteiger partial charge in [0.15, 0.2) is 0 Å². The summed E-state index contributed by atoms with van der Waals surface area (Å²) in [7, 11) is 0. The second kappa shape index (κ2) is 6.27. The number of carbonyl (C=O) groups excluding carboxylic acids is 2. The molecule has 0 aliphatic carbocycles. The molecule has 26 heavy (non-hydrogen) atoms. The minimum atomic E-state index is -0.376. The summed E-state index contributed by atoms with van der Waals surface area (Å²) in [6.45, 7) is 5.34. The molecule has 1 N–H and O–H groups in total. The van der Waals surface area contributed by atoms with E-state index in [9.17, 15) is 9.59 Å². The van der Waals surface area contributed by atoms with Gasteiger partial charge in [0.1, 0.15) is 0 Å². The number of carbonyl (C=O) groups is 2. The van der Waals surface area contributed by atoms with Crippen LogP contribution >= 0.6 is 0 Å². The summed E-state index contributed by atoms with van der Waals surface area (Å²) < 4.78 is 0. The second-order valence-corrected chi connectivity index (χ2v) is 7.55. The van der Waals surface area contributed by atoms with Gasteiger partial charge in [0.2, 0.25) is 5.91 Å². The largest absolute Gasteiger partial charge is 0.338 e. The summed E-state index contributed by atoms with van der Waals surface area (Å²) in [5, 5.41) is 6.54. The van der Waals surface area contributed by atoms with E-state index >= 15 is 0 Å². The molecular weight excluding hydrogens is 328 g/mol. The van der Waals surface area contributed by atoms with Gasteiger partial charge < -0.3 is 9.80 Å². The minimum absolute atomic E-state index is 0.0163. The molecule has 1 unspecified atom stereocenters. The highest BCUT2D eigenvalue weighted by molar-refractivity contribution is 5.95. The number of nitrogens with zero attached hydrogens (tertiary/aromatic N) is 3. The van der Waals surface area contributed by atoms with Crippen molar-refractivity contribution in [2.75, 3.05) is 13.1 Å². The number of rotatable bonds is 3. The molecule has 1 spiro atoms. The van der Waals surface area contributed by atoms with Crippen molar-refractivity contribution >= 4 is 11.8 Å². The first-order chi connectivity index (χ1) is 12.5. The average molecular weight is 352 g/mol. The number of likely N-dealkylation sites (tertiary alicyclic amines) is 2. The number of amides is 2. The lowest BCUT2D eigenvalue weighted by Crippen LogP contribution is -2.68. The maximum atomic E-state index is 13.1. The van der Waals surface area contributed by atoms with Crippen LogP contribution in [0.2, 0.25) is 0 Å². The lowest BCUT2D eigenvalue weighted by atomic mass is 9.61. The Morgan fingerprint density at radius 1 is 1.23 bits per heavy atom. The number of hydrogen-bond acceptors (Lipinski definition) is 3. The van der Waals surface area contributed by atoms with E-state index in [2.05, 4.69) is 36.2 Å². The Hall–Kier alpha value is -2.63. The van der Waals surface area contributed by atoms with E-state index in [0.717, 1.165) is 0 Å². The number of hydrogen-bond donors (Lipinski definition) is 1. The van der Waals surface area contributed by atoms with Gasteiger partial charge in [-0.2, -0.15) is 5.10 Å². The fraction of sp³-hybridized carbons (Fsp3) is 0.450. The van der Waals surface area contributed by atoms with Crippen LogP contribution in [0.4, 0.5) is 0 Å². The van der Waals surface area contributed by atoms with Crippen LogP contribution in [-0.4, -0.2) is 50.9 Å². The van der Waals surface area contributed by atoms with Crippen molar-refractivity contribution in [3.63, 3.8) is 0 Å². The summed E-state index contributed by atoms with van der Waals surface area (Å²) >= 11 is 0. The van der Waals surface area contributed by atoms with E-state index in [4.69, 9.17) is 0 Å². The topological polar surface area (TPSA) is 69.3 Å². The molecule has 2 fully saturated rings. The molecule has 0 radical (unpaired) electrons. The average Bonchev–Trinajstić information content (AvgIpc) is 3.20. The minimum Gasteiger partial charge on any atom is -0.338 e. The highest BCUT2D eigenvalue weighted by Crippen LogP contribution is 2.56. The Bertz CT molecular complexity index is 792. The van der Waals surface area contributed by atoms with Crippen molar-refractivity contribution < 1.29 is 9.59 Å². The Morgan fingerprint density at radius 2 is 1.92 bits per heavy atom. The normalized spacial score (nSPS) is 22.0. The number of H-pyrrole nitrogens is 1. The zero-order valence-electron chi connectivity index (χ0n) is 15.2. The molecule has 6 heteroatoms. The van der Waals surface area contributed by atoms with E-state index in [1.807, 2.05) is 28.0 Å². The lowest BCUT2D eigenvalue weighted by molar-refractivity contribution is -0.184. The van der Waals surface area contributed by atoms with Crippen LogP contribution in [0.3, 0.4) is 0 Å². The van der Waals surface area contributed by atoms with Gasteiger partial charge in [0.05, 0.1) is 23.2 Å². The van der Waals surface area contributed by atoms with Gasteiger partial charge in [0, 0.05) is 25.3 Å². The van der Waals surface area contributed by atoms with Crippen molar-refractivity contribution in [3.05, 3.63) is 53.9 Å². The zero-order valence-corrected chi connectivity index (χ0v) is 15.2. The van der Waals surface area contributed by atoms with Gasteiger partial charge in [-0.3, -0.25) is 14.7 Å². The fourth-order valence-electron chi connectivity index (χ4n) is 4.49. The first-order valence-electron chi connectivity index (χ1n) is 9.20. The molecule has 2 saturated heterocycles. The van der Waals surface area contributed by atoms with Gasteiger partial charge in [-0.05, 0) is 32.3 Å². The summed E-state index contributed by atoms with van der Waals surface area (Å²) in [5.41, 5.74) is 1.39. The molecule has 1 atom stereocenters. The number of aromatic amines is 1. The van der Waals surface area contributed by atoms with Crippen LogP contribution in [0.1, 0.15) is 48.7 Å². The Labute approximate surface area is 153 Å². The molecule has 1 aromatic carbocycles. The van der Waals surface area contributed by atoms with Gasteiger partial charge in [0.25, 0.3) is 5.91 Å². The van der Waals surface area contributed by atoms with Gasteiger partial charge in [-0.15, -0.1) is 0 Å². The molecular formula is C20H24N4O2. The molecule has 0 saturated carbocycles. The molecule has 6 nitrogen and oxygen atoms in total. The monoisotopic (exact) mass is 352 g/mol. The summed E-state index contributed by atoms with van der Waals surface area (Å²) in [6.07, 6.45) is 4.58. The maximum Gasteiger partial charge on any atom is 0.257 e. The zero-order chi connectivity index (χ0) is 18.3. The summed E-state index contributed by atoms with van der Waals surface area (Å²) in [6, 6.07) is 10.5. The van der Waals surface area contributed by atoms with Crippen molar-refractivity contribution in [2.45, 2.75) is 38.8 Å². The highest BCUT2D eigenvalue weighted by Gasteiger charge is 2.62. The SMILES string of the molecule is CC(C)N1C(=O)C2(CCN(C(=O)c3cn[nH]c3)CC2)C1c1ccccc1. The van der Waals surface area contributed by atoms with Gasteiger partial charge in [-0.1, -0.05) is 30.3 Å². The van der Waals surface area contributed by atoms with E-state index in [0.29, 0.717) is 31.5 Å². The number of nitrogens with one attached hydrogen (secondary N) is 1. The smallest absolute Gasteiger partial charge is 0.257 e. The third kappa shape index (κ3) is 2.43. The molecule has 2 aromatic rings. The molecule has 3 heterocycles. The van der Waals surface area contributed by atoms with Gasteiger partial charge >= 0.3 is 0 Å². The molecule has 2 aliphatic rings. The number of aromatic nitrogens is 2. The number of β-lactam (4-membered cyclic amide) rings is 1. The number of piperidine rings is 1. The molecule has 1 aromatic heterocycles. The molecule has 2 aliphatic heterocycles. The Morgan fingerprint density at radius 3 is 2.50 bits per heavy atom. The Kier molecular flexibility index (Phi) is 4.05. The quantitative estimate of drug-likeness (QED) is 0.864. The predicted octanol–water partition coefficient (Wildman–Crippen LogP) is 2.62. The second-order valence-electron chi connectivity index (χ2n) is 7.55. The fourth-order valence-corrected chi connectivity index (χ4v) is 4.49. The van der Waals surface area contributed by atoms with Gasteiger partial charge in [-0.25, -0.2) is 0 Å². The summed E-state index contributed by atoms with van der Waals surface area (Å²) in [5.74, 6) is 0.217. The standard InChI is InChI=1S/C20H24N4O2/c1-14(2)24-17(15-6-4-3-5-7-15)20(19(24)26)8-10-23(11-9-20)18(25)16-12-21-22-13-16/h3-7,12-14,17H,8-11H2,1-2H3,(H,21,22). The Balaban J connectivity index is 1.56. The van der Waals surface area contributed by atoms with Crippen LogP contribution in [0, 0.1) is 5.41 Å². The first kappa shape index (κ1) is 16.8. The first-order valence-corrected chi connectivity index (χ1v) is 9.20. The van der Waals surface area contributed by atoms with Crippen molar-refractivity contribution in [2.24, 2.45) is 5.41 Å². The van der Waals surface area contributed by atoms with E-state index in [-0.39, 0.29) is 29.3 Å². The molecule has 136 valence electrons. The third-order valence-electron chi connectivity index (χ3n) is 5.82.